The fourth-order valence-corrected chi connectivity index (χ4v) is 5.62. The molecule has 1 atom stereocenters. The number of sulfonamides is 1. The van der Waals surface area contributed by atoms with Crippen LogP contribution in [0.15, 0.2) is 53.4 Å². The molecule has 1 N–H and O–H groups in total. The summed E-state index contributed by atoms with van der Waals surface area (Å²) in [7, 11) is -1.66. The van der Waals surface area contributed by atoms with E-state index < -0.39 is 15.6 Å². The topological polar surface area (TPSA) is 79.0 Å². The molecule has 0 aromatic heterocycles. The normalized spacial score (nSPS) is 21.7. The molecule has 1 fully saturated rings. The molecule has 2 aliphatic heterocycles. The van der Waals surface area contributed by atoms with E-state index in [4.69, 9.17) is 4.74 Å². The smallest absolute Gasteiger partial charge is 0.251 e. The van der Waals surface area contributed by atoms with Crippen molar-refractivity contribution in [2.45, 2.75) is 36.8 Å². The lowest BCUT2D eigenvalue weighted by atomic mass is 9.89. The number of amides is 1. The van der Waals surface area contributed by atoms with Crippen molar-refractivity contribution in [3.63, 3.8) is 0 Å². The van der Waals surface area contributed by atoms with Gasteiger partial charge in [-0.05, 0) is 45.2 Å². The van der Waals surface area contributed by atoms with Crippen LogP contribution in [0.25, 0.3) is 0 Å². The second-order valence-electron chi connectivity index (χ2n) is 8.86. The molecule has 0 unspecified atom stereocenters. The van der Waals surface area contributed by atoms with Crippen molar-refractivity contribution in [1.29, 1.82) is 0 Å². The first-order chi connectivity index (χ1) is 14.7. The van der Waals surface area contributed by atoms with E-state index in [9.17, 15) is 13.2 Å². The van der Waals surface area contributed by atoms with E-state index in [0.717, 1.165) is 11.3 Å². The summed E-state index contributed by atoms with van der Waals surface area (Å²) >= 11 is 0. The Labute approximate surface area is 184 Å². The number of para-hydroxylation sites is 1. The SMILES string of the molecule is CN1CCN(S(=O)(=O)c2cccc(C(=O)N[C@H]3CC(C)(C)Oc4ccccc43)c2)CC1. The zero-order valence-electron chi connectivity index (χ0n) is 18.2. The molecule has 7 nitrogen and oxygen atoms in total. The molecule has 1 saturated heterocycles. The molecule has 0 bridgehead atoms. The van der Waals surface area contributed by atoms with Gasteiger partial charge in [-0.2, -0.15) is 4.31 Å². The Balaban J connectivity index is 1.55. The second kappa shape index (κ2) is 8.26. The summed E-state index contributed by atoms with van der Waals surface area (Å²) in [5, 5.41) is 3.08. The zero-order valence-corrected chi connectivity index (χ0v) is 19.0. The third kappa shape index (κ3) is 4.61. The first kappa shape index (κ1) is 21.8. The minimum Gasteiger partial charge on any atom is -0.487 e. The Morgan fingerprint density at radius 3 is 2.52 bits per heavy atom. The number of hydrogen-bond acceptors (Lipinski definition) is 5. The van der Waals surface area contributed by atoms with E-state index in [1.165, 1.54) is 10.4 Å². The predicted octanol–water partition coefficient (Wildman–Crippen LogP) is 2.65. The van der Waals surface area contributed by atoms with Crippen LogP contribution in [-0.4, -0.2) is 62.4 Å². The van der Waals surface area contributed by atoms with Crippen molar-refractivity contribution in [1.82, 2.24) is 14.5 Å². The molecule has 2 heterocycles. The van der Waals surface area contributed by atoms with E-state index in [0.29, 0.717) is 38.2 Å². The summed E-state index contributed by atoms with van der Waals surface area (Å²) in [5.74, 6) is 0.461. The van der Waals surface area contributed by atoms with Crippen LogP contribution in [0, 0.1) is 0 Å². The molecule has 2 aromatic carbocycles. The highest BCUT2D eigenvalue weighted by Crippen LogP contribution is 2.39. The van der Waals surface area contributed by atoms with Crippen LogP contribution in [0.5, 0.6) is 5.75 Å². The number of ether oxygens (including phenoxy) is 1. The van der Waals surface area contributed by atoms with Crippen LogP contribution in [0.2, 0.25) is 0 Å². The number of nitrogens with zero attached hydrogens (tertiary/aromatic N) is 2. The van der Waals surface area contributed by atoms with Gasteiger partial charge in [0.05, 0.1) is 10.9 Å². The standard InChI is InChI=1S/C23H29N3O4S/c1-23(2)16-20(19-9-4-5-10-21(19)30-23)24-22(27)17-7-6-8-18(15-17)31(28,29)26-13-11-25(3)12-14-26/h4-10,15,20H,11-14,16H2,1-3H3,(H,24,27)/t20-/m0/s1. The Bertz CT molecular complexity index is 1080. The van der Waals surface area contributed by atoms with Crippen LogP contribution in [0.1, 0.15) is 42.2 Å². The third-order valence-corrected chi connectivity index (χ3v) is 7.77. The van der Waals surface area contributed by atoms with Gasteiger partial charge in [-0.1, -0.05) is 24.3 Å². The number of carbonyl (C=O) groups excluding carboxylic acids is 1. The van der Waals surface area contributed by atoms with Gasteiger partial charge in [-0.15, -0.1) is 0 Å². The van der Waals surface area contributed by atoms with Crippen molar-refractivity contribution in [2.75, 3.05) is 33.2 Å². The van der Waals surface area contributed by atoms with Gasteiger partial charge in [0.1, 0.15) is 11.4 Å². The quantitative estimate of drug-likeness (QED) is 0.786. The second-order valence-corrected chi connectivity index (χ2v) is 10.8. The van der Waals surface area contributed by atoms with Gasteiger partial charge in [0, 0.05) is 43.7 Å². The zero-order chi connectivity index (χ0) is 22.2. The highest BCUT2D eigenvalue weighted by molar-refractivity contribution is 7.89. The Morgan fingerprint density at radius 1 is 1.06 bits per heavy atom. The molecule has 1 amide bonds. The molecule has 166 valence electrons. The van der Waals surface area contributed by atoms with Crippen LogP contribution in [-0.2, 0) is 10.0 Å². The summed E-state index contributed by atoms with van der Waals surface area (Å²) in [5.41, 5.74) is 0.840. The summed E-state index contributed by atoms with van der Waals surface area (Å²) in [4.78, 5) is 15.3. The first-order valence-corrected chi connectivity index (χ1v) is 12.0. The minimum absolute atomic E-state index is 0.150. The maximum absolute atomic E-state index is 13.1. The number of benzene rings is 2. The molecule has 0 aliphatic carbocycles. The van der Waals surface area contributed by atoms with Gasteiger partial charge in [0.15, 0.2) is 0 Å². The van der Waals surface area contributed by atoms with E-state index in [1.807, 2.05) is 45.2 Å². The summed E-state index contributed by atoms with van der Waals surface area (Å²) in [6.07, 6.45) is 0.620. The summed E-state index contributed by atoms with van der Waals surface area (Å²) < 4.78 is 33.7. The van der Waals surface area contributed by atoms with Crippen LogP contribution < -0.4 is 10.1 Å². The number of nitrogens with one attached hydrogen (secondary N) is 1. The van der Waals surface area contributed by atoms with Gasteiger partial charge in [-0.3, -0.25) is 4.79 Å². The number of carbonyl (C=O) groups is 1. The maximum atomic E-state index is 13.1. The average Bonchev–Trinajstić information content (AvgIpc) is 2.73. The first-order valence-electron chi connectivity index (χ1n) is 10.5. The van der Waals surface area contributed by atoms with Crippen molar-refractivity contribution in [2.24, 2.45) is 0 Å². The number of rotatable bonds is 4. The van der Waals surface area contributed by atoms with E-state index >= 15 is 0 Å². The van der Waals surface area contributed by atoms with Crippen molar-refractivity contribution >= 4 is 15.9 Å². The molecule has 8 heteroatoms. The number of fused-ring (bicyclic) bond motifs is 1. The molecular formula is C23H29N3O4S. The van der Waals surface area contributed by atoms with Crippen molar-refractivity contribution in [3.8, 4) is 5.75 Å². The molecular weight excluding hydrogens is 414 g/mol. The lowest BCUT2D eigenvalue weighted by Crippen LogP contribution is -2.47. The number of hydrogen-bond donors (Lipinski definition) is 1. The monoisotopic (exact) mass is 443 g/mol. The highest BCUT2D eigenvalue weighted by Gasteiger charge is 2.35. The number of likely N-dealkylation sites (N-methyl/N-ethyl adjacent to an activating group) is 1. The highest BCUT2D eigenvalue weighted by atomic mass is 32.2. The van der Waals surface area contributed by atoms with Gasteiger partial charge in [0.25, 0.3) is 5.91 Å². The van der Waals surface area contributed by atoms with Crippen molar-refractivity contribution in [3.05, 3.63) is 59.7 Å². The van der Waals surface area contributed by atoms with Gasteiger partial charge < -0.3 is 15.0 Å². The molecule has 0 radical (unpaired) electrons. The Kier molecular flexibility index (Phi) is 5.81. The van der Waals surface area contributed by atoms with E-state index in [2.05, 4.69) is 10.2 Å². The summed E-state index contributed by atoms with van der Waals surface area (Å²) in [6, 6.07) is 13.8. The average molecular weight is 444 g/mol. The lowest BCUT2D eigenvalue weighted by molar-refractivity contribution is 0.0619. The largest absolute Gasteiger partial charge is 0.487 e. The Hall–Kier alpha value is -2.42. The lowest BCUT2D eigenvalue weighted by Gasteiger charge is -2.37. The number of piperazine rings is 1. The molecule has 31 heavy (non-hydrogen) atoms. The van der Waals surface area contributed by atoms with Crippen LogP contribution in [0.3, 0.4) is 0 Å². The van der Waals surface area contributed by atoms with E-state index in [-0.39, 0.29) is 16.8 Å². The predicted molar refractivity (Wildman–Crippen MR) is 119 cm³/mol. The molecule has 2 aliphatic rings. The van der Waals surface area contributed by atoms with Crippen LogP contribution in [0.4, 0.5) is 0 Å². The van der Waals surface area contributed by atoms with Crippen LogP contribution >= 0.6 is 0 Å². The van der Waals surface area contributed by atoms with E-state index in [1.54, 1.807) is 18.2 Å². The Morgan fingerprint density at radius 2 is 1.77 bits per heavy atom. The molecule has 4 rings (SSSR count). The van der Waals surface area contributed by atoms with Crippen molar-refractivity contribution < 1.29 is 17.9 Å². The fraction of sp³-hybridized carbons (Fsp3) is 0.435. The van der Waals surface area contributed by atoms with Gasteiger partial charge >= 0.3 is 0 Å². The van der Waals surface area contributed by atoms with Gasteiger partial charge in [-0.25, -0.2) is 8.42 Å². The summed E-state index contributed by atoms with van der Waals surface area (Å²) in [6.45, 7) is 6.26. The molecule has 0 spiro atoms. The maximum Gasteiger partial charge on any atom is 0.251 e. The molecule has 0 saturated carbocycles. The van der Waals surface area contributed by atoms with Gasteiger partial charge in [0.2, 0.25) is 10.0 Å². The third-order valence-electron chi connectivity index (χ3n) is 5.88. The fourth-order valence-electron chi connectivity index (χ4n) is 4.15. The molecule has 2 aromatic rings. The minimum atomic E-state index is -3.64.